The largest absolute Gasteiger partial charge is 0.504 e. The monoisotopic (exact) mass is 367 g/mol. The maximum atomic E-state index is 11.8. The summed E-state index contributed by atoms with van der Waals surface area (Å²) in [5.74, 6) is 0.897. The minimum absolute atomic E-state index is 0.0504. The Balaban J connectivity index is 1.76. The van der Waals surface area contributed by atoms with Gasteiger partial charge in [0.25, 0.3) is 10.9 Å². The number of hydrogen-bond acceptors (Lipinski definition) is 8. The Kier molecular flexibility index (Phi) is 5.07. The van der Waals surface area contributed by atoms with E-state index in [-0.39, 0.29) is 17.1 Å². The van der Waals surface area contributed by atoms with Crippen LogP contribution in [0.3, 0.4) is 0 Å². The molecule has 0 atom stereocenters. The summed E-state index contributed by atoms with van der Waals surface area (Å²) >= 11 is 0. The highest BCUT2D eigenvalue weighted by Crippen LogP contribution is 2.28. The lowest BCUT2D eigenvalue weighted by molar-refractivity contribution is 0.373. The Bertz CT molecular complexity index is 1050. The van der Waals surface area contributed by atoms with E-state index in [1.165, 1.54) is 13.3 Å². The van der Waals surface area contributed by atoms with Crippen LogP contribution in [0.4, 0.5) is 17.1 Å². The molecule has 0 aliphatic heterocycles. The zero-order valence-electron chi connectivity index (χ0n) is 14.6. The number of hydrazone groups is 1. The molecule has 0 aromatic heterocycles. The standard InChI is InChI=1S/C19H17N3O5/c1-26-13-8-6-12(7-9-13)21-15-16(19(25)18(15)24)22-20-10-11-4-3-5-14(27-2)17(11)23/h3-10,21-23H,1-2H3. The molecule has 0 heterocycles. The maximum Gasteiger partial charge on any atom is 0.255 e. The summed E-state index contributed by atoms with van der Waals surface area (Å²) in [6.07, 6.45) is 1.33. The van der Waals surface area contributed by atoms with Crippen LogP contribution in [0, 0.1) is 0 Å². The molecule has 0 aliphatic carbocycles. The minimum Gasteiger partial charge on any atom is -0.504 e. The van der Waals surface area contributed by atoms with Crippen molar-refractivity contribution in [3.63, 3.8) is 0 Å². The van der Waals surface area contributed by atoms with Gasteiger partial charge in [-0.25, -0.2) is 0 Å². The lowest BCUT2D eigenvalue weighted by Crippen LogP contribution is -2.35. The Morgan fingerprint density at radius 2 is 1.67 bits per heavy atom. The van der Waals surface area contributed by atoms with Crippen molar-refractivity contribution in [3.8, 4) is 17.2 Å². The lowest BCUT2D eigenvalue weighted by Gasteiger charge is -2.12. The number of nitrogens with zero attached hydrogens (tertiary/aromatic N) is 1. The second-order valence-electron chi connectivity index (χ2n) is 5.53. The highest BCUT2D eigenvalue weighted by Gasteiger charge is 2.20. The van der Waals surface area contributed by atoms with Crippen molar-refractivity contribution in [2.75, 3.05) is 25.0 Å². The van der Waals surface area contributed by atoms with Gasteiger partial charge < -0.3 is 19.9 Å². The first-order valence-electron chi connectivity index (χ1n) is 7.94. The van der Waals surface area contributed by atoms with Gasteiger partial charge in [0.15, 0.2) is 11.5 Å². The molecule has 8 nitrogen and oxygen atoms in total. The molecule has 138 valence electrons. The number of benzene rings is 2. The molecule has 0 saturated heterocycles. The maximum absolute atomic E-state index is 11.8. The average Bonchev–Trinajstić information content (AvgIpc) is 2.71. The fourth-order valence-corrected chi connectivity index (χ4v) is 2.41. The summed E-state index contributed by atoms with van der Waals surface area (Å²) in [6.45, 7) is 0. The molecule has 0 spiro atoms. The number of ether oxygens (including phenoxy) is 2. The molecular formula is C19H17N3O5. The van der Waals surface area contributed by atoms with E-state index in [0.29, 0.717) is 22.7 Å². The van der Waals surface area contributed by atoms with E-state index in [1.807, 2.05) is 0 Å². The van der Waals surface area contributed by atoms with Gasteiger partial charge in [0.2, 0.25) is 0 Å². The van der Waals surface area contributed by atoms with Gasteiger partial charge in [0, 0.05) is 11.3 Å². The minimum atomic E-state index is -0.668. The van der Waals surface area contributed by atoms with Crippen LogP contribution in [0.5, 0.6) is 17.2 Å². The first kappa shape index (κ1) is 18.0. The zero-order valence-corrected chi connectivity index (χ0v) is 14.6. The van der Waals surface area contributed by atoms with Crippen molar-refractivity contribution >= 4 is 23.3 Å². The number of aromatic hydroxyl groups is 1. The van der Waals surface area contributed by atoms with E-state index in [2.05, 4.69) is 15.8 Å². The second kappa shape index (κ2) is 7.61. The molecule has 0 fully saturated rings. The lowest BCUT2D eigenvalue weighted by atomic mass is 10.2. The molecule has 0 aliphatic rings. The highest BCUT2D eigenvalue weighted by molar-refractivity contribution is 5.86. The van der Waals surface area contributed by atoms with E-state index >= 15 is 0 Å². The van der Waals surface area contributed by atoms with Crippen molar-refractivity contribution in [2.45, 2.75) is 0 Å². The van der Waals surface area contributed by atoms with Crippen LogP contribution in [0.15, 0.2) is 57.2 Å². The number of para-hydroxylation sites is 1. The van der Waals surface area contributed by atoms with E-state index in [9.17, 15) is 14.7 Å². The van der Waals surface area contributed by atoms with Crippen molar-refractivity contribution in [2.24, 2.45) is 5.10 Å². The normalized spacial score (nSPS) is 10.9. The van der Waals surface area contributed by atoms with Gasteiger partial charge in [0.1, 0.15) is 17.1 Å². The van der Waals surface area contributed by atoms with Crippen LogP contribution in [0.25, 0.3) is 0 Å². The highest BCUT2D eigenvalue weighted by atomic mass is 16.5. The average molecular weight is 367 g/mol. The summed E-state index contributed by atoms with van der Waals surface area (Å²) in [5, 5.41) is 16.8. The van der Waals surface area contributed by atoms with Crippen LogP contribution in [0.2, 0.25) is 0 Å². The Labute approximate surface area is 154 Å². The number of phenolic OH excluding ortho intramolecular Hbond substituents is 1. The van der Waals surface area contributed by atoms with Crippen LogP contribution in [-0.2, 0) is 0 Å². The van der Waals surface area contributed by atoms with Crippen molar-refractivity contribution in [3.05, 3.63) is 68.5 Å². The summed E-state index contributed by atoms with van der Waals surface area (Å²) in [6, 6.07) is 11.8. The summed E-state index contributed by atoms with van der Waals surface area (Å²) in [7, 11) is 2.99. The fraction of sp³-hybridized carbons (Fsp3) is 0.105. The van der Waals surface area contributed by atoms with Crippen molar-refractivity contribution in [1.29, 1.82) is 0 Å². The predicted octanol–water partition coefficient (Wildman–Crippen LogP) is 2.19. The number of methoxy groups -OCH3 is 2. The van der Waals surface area contributed by atoms with E-state index in [0.717, 1.165) is 0 Å². The van der Waals surface area contributed by atoms with Gasteiger partial charge in [-0.3, -0.25) is 15.0 Å². The Morgan fingerprint density at radius 3 is 2.33 bits per heavy atom. The summed E-state index contributed by atoms with van der Waals surface area (Å²) in [5.41, 5.74) is 2.44. The number of hydrogen-bond donors (Lipinski definition) is 3. The molecule has 3 aromatic rings. The number of rotatable bonds is 7. The van der Waals surface area contributed by atoms with Gasteiger partial charge in [0.05, 0.1) is 20.4 Å². The summed E-state index contributed by atoms with van der Waals surface area (Å²) < 4.78 is 10.1. The van der Waals surface area contributed by atoms with Gasteiger partial charge >= 0.3 is 0 Å². The van der Waals surface area contributed by atoms with Gasteiger partial charge in [-0.15, -0.1) is 0 Å². The van der Waals surface area contributed by atoms with E-state index in [1.54, 1.807) is 49.6 Å². The van der Waals surface area contributed by atoms with E-state index < -0.39 is 10.9 Å². The molecular weight excluding hydrogens is 350 g/mol. The quantitative estimate of drug-likeness (QED) is 0.334. The fourth-order valence-electron chi connectivity index (χ4n) is 2.41. The van der Waals surface area contributed by atoms with Crippen molar-refractivity contribution in [1.82, 2.24) is 0 Å². The topological polar surface area (TPSA) is 109 Å². The number of phenols is 1. The summed E-state index contributed by atoms with van der Waals surface area (Å²) in [4.78, 5) is 23.6. The van der Waals surface area contributed by atoms with Crippen LogP contribution in [0.1, 0.15) is 5.56 Å². The third kappa shape index (κ3) is 3.59. The third-order valence-corrected chi connectivity index (χ3v) is 3.90. The molecule has 0 bridgehead atoms. The molecule has 27 heavy (non-hydrogen) atoms. The third-order valence-electron chi connectivity index (χ3n) is 3.90. The van der Waals surface area contributed by atoms with Crippen LogP contribution >= 0.6 is 0 Å². The number of anilines is 3. The van der Waals surface area contributed by atoms with Crippen LogP contribution < -0.4 is 31.1 Å². The molecule has 3 rings (SSSR count). The SMILES string of the molecule is COc1ccc(Nc2c(NN=Cc3cccc(OC)c3O)c(=O)c2=O)cc1. The molecule has 8 heteroatoms. The molecule has 0 amide bonds. The molecule has 3 aromatic carbocycles. The molecule has 3 N–H and O–H groups in total. The second-order valence-corrected chi connectivity index (χ2v) is 5.53. The predicted molar refractivity (Wildman–Crippen MR) is 104 cm³/mol. The Hall–Kier alpha value is -3.81. The first-order valence-corrected chi connectivity index (χ1v) is 7.94. The van der Waals surface area contributed by atoms with Crippen LogP contribution in [-0.4, -0.2) is 25.5 Å². The van der Waals surface area contributed by atoms with Gasteiger partial charge in [-0.2, -0.15) is 5.10 Å². The molecule has 0 saturated carbocycles. The Morgan fingerprint density at radius 1 is 0.963 bits per heavy atom. The van der Waals surface area contributed by atoms with Gasteiger partial charge in [-0.05, 0) is 36.4 Å². The first-order chi connectivity index (χ1) is 13.0. The van der Waals surface area contributed by atoms with Gasteiger partial charge in [-0.1, -0.05) is 6.07 Å². The molecule has 0 unspecified atom stereocenters. The smallest absolute Gasteiger partial charge is 0.255 e. The van der Waals surface area contributed by atoms with E-state index in [4.69, 9.17) is 9.47 Å². The molecule has 0 radical (unpaired) electrons. The van der Waals surface area contributed by atoms with Crippen molar-refractivity contribution < 1.29 is 14.6 Å². The zero-order chi connectivity index (χ0) is 19.4. The number of nitrogens with one attached hydrogen (secondary N) is 2.